The number of amides is 2. The van der Waals surface area contributed by atoms with Crippen LogP contribution in [0.2, 0.25) is 10.0 Å². The Morgan fingerprint density at radius 1 is 1.07 bits per heavy atom. The number of thioether (sulfide) groups is 1. The van der Waals surface area contributed by atoms with Crippen LogP contribution >= 0.6 is 35.0 Å². The van der Waals surface area contributed by atoms with E-state index in [9.17, 15) is 9.59 Å². The van der Waals surface area contributed by atoms with Crippen LogP contribution in [0, 0.1) is 0 Å². The van der Waals surface area contributed by atoms with Crippen LogP contribution in [0.3, 0.4) is 0 Å². The Morgan fingerprint density at radius 2 is 1.81 bits per heavy atom. The van der Waals surface area contributed by atoms with E-state index in [2.05, 4.69) is 6.58 Å². The van der Waals surface area contributed by atoms with Crippen molar-refractivity contribution in [2.45, 2.75) is 6.54 Å². The molecule has 0 unspecified atom stereocenters. The monoisotopic (exact) mass is 419 g/mol. The normalized spacial score (nSPS) is 15.5. The molecule has 2 amide bonds. The molecule has 4 nitrogen and oxygen atoms in total. The van der Waals surface area contributed by atoms with Crippen molar-refractivity contribution in [3.63, 3.8) is 0 Å². The Labute approximate surface area is 171 Å². The molecule has 1 aliphatic rings. The molecule has 7 heteroatoms. The van der Waals surface area contributed by atoms with Crippen LogP contribution in [0.15, 0.2) is 60.0 Å². The third-order valence-electron chi connectivity index (χ3n) is 3.74. The molecule has 0 N–H and O–H groups in total. The van der Waals surface area contributed by atoms with Crippen molar-refractivity contribution in [1.29, 1.82) is 0 Å². The molecule has 2 aromatic carbocycles. The Kier molecular flexibility index (Phi) is 6.26. The third-order valence-corrected chi connectivity index (χ3v) is 5.39. The van der Waals surface area contributed by atoms with Gasteiger partial charge >= 0.3 is 0 Å². The number of benzene rings is 2. The first kappa shape index (κ1) is 19.5. The van der Waals surface area contributed by atoms with Crippen molar-refractivity contribution >= 4 is 52.2 Å². The van der Waals surface area contributed by atoms with E-state index < -0.39 is 0 Å². The van der Waals surface area contributed by atoms with Crippen molar-refractivity contribution in [1.82, 2.24) is 4.90 Å². The van der Waals surface area contributed by atoms with Gasteiger partial charge in [-0.1, -0.05) is 54.1 Å². The predicted molar refractivity (Wildman–Crippen MR) is 110 cm³/mol. The summed E-state index contributed by atoms with van der Waals surface area (Å²) in [5.41, 5.74) is 1.54. The molecule has 1 fully saturated rings. The zero-order chi connectivity index (χ0) is 19.4. The molecule has 0 atom stereocenters. The van der Waals surface area contributed by atoms with E-state index in [1.807, 2.05) is 12.1 Å². The number of halogens is 2. The summed E-state index contributed by atoms with van der Waals surface area (Å²) in [6.07, 6.45) is 3.36. The van der Waals surface area contributed by atoms with Crippen LogP contribution < -0.4 is 4.74 Å². The topological polar surface area (TPSA) is 46.6 Å². The highest BCUT2D eigenvalue weighted by Gasteiger charge is 2.35. The maximum atomic E-state index is 12.6. The Bertz CT molecular complexity index is 925. The molecule has 138 valence electrons. The molecule has 3 rings (SSSR count). The first-order valence-electron chi connectivity index (χ1n) is 8.01. The summed E-state index contributed by atoms with van der Waals surface area (Å²) in [6, 6.07) is 12.3. The predicted octanol–water partition coefficient (Wildman–Crippen LogP) is 5.79. The van der Waals surface area contributed by atoms with Gasteiger partial charge in [0.2, 0.25) is 0 Å². The SMILES string of the molecule is C=CCOc1ccc(/C=C2/SC(=O)N(Cc3ccc(Cl)c(Cl)c3)C2=O)cc1. The van der Waals surface area contributed by atoms with Gasteiger partial charge in [-0.15, -0.1) is 0 Å². The van der Waals surface area contributed by atoms with E-state index in [0.717, 1.165) is 22.9 Å². The van der Waals surface area contributed by atoms with Gasteiger partial charge in [-0.05, 0) is 53.2 Å². The quantitative estimate of drug-likeness (QED) is 0.438. The average Bonchev–Trinajstić information content (AvgIpc) is 2.91. The second kappa shape index (κ2) is 8.65. The molecule has 1 heterocycles. The second-order valence-corrected chi connectivity index (χ2v) is 7.49. The van der Waals surface area contributed by atoms with Crippen LogP contribution in [0.4, 0.5) is 4.79 Å². The smallest absolute Gasteiger partial charge is 0.293 e. The fraction of sp³-hybridized carbons (Fsp3) is 0.100. The molecule has 0 bridgehead atoms. The van der Waals surface area contributed by atoms with Gasteiger partial charge in [0.1, 0.15) is 12.4 Å². The lowest BCUT2D eigenvalue weighted by atomic mass is 10.2. The summed E-state index contributed by atoms with van der Waals surface area (Å²) in [5.74, 6) is 0.378. The number of ether oxygens (including phenoxy) is 1. The van der Waals surface area contributed by atoms with Gasteiger partial charge in [-0.25, -0.2) is 0 Å². The molecule has 0 radical (unpaired) electrons. The van der Waals surface area contributed by atoms with Gasteiger partial charge in [0, 0.05) is 0 Å². The van der Waals surface area contributed by atoms with Crippen LogP contribution in [-0.4, -0.2) is 22.7 Å². The van der Waals surface area contributed by atoms with E-state index in [0.29, 0.717) is 27.3 Å². The number of imide groups is 1. The molecule has 0 spiro atoms. The number of nitrogens with zero attached hydrogens (tertiary/aromatic N) is 1. The van der Waals surface area contributed by atoms with Crippen LogP contribution in [0.5, 0.6) is 5.75 Å². The van der Waals surface area contributed by atoms with Crippen molar-refractivity contribution in [2.75, 3.05) is 6.61 Å². The van der Waals surface area contributed by atoms with Crippen LogP contribution in [0.1, 0.15) is 11.1 Å². The van der Waals surface area contributed by atoms with Gasteiger partial charge in [0.25, 0.3) is 11.1 Å². The summed E-state index contributed by atoms with van der Waals surface area (Å²) in [7, 11) is 0. The van der Waals surface area contributed by atoms with Crippen LogP contribution in [0.25, 0.3) is 6.08 Å². The molecule has 1 aliphatic heterocycles. The average molecular weight is 420 g/mol. The standard InChI is InChI=1S/C20H15Cl2NO3S/c1-2-9-26-15-6-3-13(4-7-15)11-18-19(24)23(20(25)27-18)12-14-5-8-16(21)17(22)10-14/h2-8,10-11H,1,9,12H2/b18-11+. The lowest BCUT2D eigenvalue weighted by Gasteiger charge is -2.12. The van der Waals surface area contributed by atoms with E-state index in [1.54, 1.807) is 42.5 Å². The van der Waals surface area contributed by atoms with Gasteiger partial charge < -0.3 is 4.74 Å². The summed E-state index contributed by atoms with van der Waals surface area (Å²) >= 11 is 12.8. The molecule has 0 saturated carbocycles. The first-order valence-corrected chi connectivity index (χ1v) is 9.58. The lowest BCUT2D eigenvalue weighted by molar-refractivity contribution is -0.123. The molecule has 1 saturated heterocycles. The molecule has 2 aromatic rings. The third kappa shape index (κ3) is 4.75. The summed E-state index contributed by atoms with van der Waals surface area (Å²) in [4.78, 5) is 26.4. The Balaban J connectivity index is 1.73. The van der Waals surface area contributed by atoms with Crippen molar-refractivity contribution in [2.24, 2.45) is 0 Å². The van der Waals surface area contributed by atoms with Gasteiger partial charge in [-0.2, -0.15) is 0 Å². The minimum absolute atomic E-state index is 0.146. The minimum atomic E-state index is -0.331. The van der Waals surface area contributed by atoms with Crippen molar-refractivity contribution in [3.8, 4) is 5.75 Å². The Hall–Kier alpha value is -2.21. The van der Waals surface area contributed by atoms with E-state index in [-0.39, 0.29) is 17.7 Å². The largest absolute Gasteiger partial charge is 0.490 e. The molecule has 0 aliphatic carbocycles. The second-order valence-electron chi connectivity index (χ2n) is 5.69. The van der Waals surface area contributed by atoms with Gasteiger partial charge in [0.15, 0.2) is 0 Å². The lowest BCUT2D eigenvalue weighted by Crippen LogP contribution is -2.27. The van der Waals surface area contributed by atoms with Gasteiger partial charge in [-0.3, -0.25) is 14.5 Å². The maximum absolute atomic E-state index is 12.6. The van der Waals surface area contributed by atoms with Gasteiger partial charge in [0.05, 0.1) is 21.5 Å². The number of carbonyl (C=O) groups is 2. The number of carbonyl (C=O) groups excluding carboxylic acids is 2. The fourth-order valence-corrected chi connectivity index (χ4v) is 3.58. The van der Waals surface area contributed by atoms with Crippen molar-refractivity contribution < 1.29 is 14.3 Å². The Morgan fingerprint density at radius 3 is 2.48 bits per heavy atom. The number of hydrogen-bond donors (Lipinski definition) is 0. The number of hydrogen-bond acceptors (Lipinski definition) is 4. The molecule has 0 aromatic heterocycles. The molecular weight excluding hydrogens is 405 g/mol. The maximum Gasteiger partial charge on any atom is 0.293 e. The first-order chi connectivity index (χ1) is 13.0. The fourth-order valence-electron chi connectivity index (χ4n) is 2.42. The highest BCUT2D eigenvalue weighted by atomic mass is 35.5. The van der Waals surface area contributed by atoms with Crippen molar-refractivity contribution in [3.05, 3.63) is 81.2 Å². The van der Waals surface area contributed by atoms with E-state index in [1.165, 1.54) is 4.90 Å². The minimum Gasteiger partial charge on any atom is -0.490 e. The molecule has 27 heavy (non-hydrogen) atoms. The van der Waals surface area contributed by atoms with Crippen LogP contribution in [-0.2, 0) is 11.3 Å². The highest BCUT2D eigenvalue weighted by Crippen LogP contribution is 2.34. The zero-order valence-corrected chi connectivity index (χ0v) is 16.5. The summed E-state index contributed by atoms with van der Waals surface area (Å²) < 4.78 is 5.43. The summed E-state index contributed by atoms with van der Waals surface area (Å²) in [5, 5.41) is 0.494. The zero-order valence-electron chi connectivity index (χ0n) is 14.2. The van der Waals surface area contributed by atoms with E-state index >= 15 is 0 Å². The molecular formula is C20H15Cl2NO3S. The summed E-state index contributed by atoms with van der Waals surface area (Å²) in [6.45, 7) is 4.17. The number of rotatable bonds is 6. The van der Waals surface area contributed by atoms with E-state index in [4.69, 9.17) is 27.9 Å². The highest BCUT2D eigenvalue weighted by molar-refractivity contribution is 8.18.